The van der Waals surface area contributed by atoms with Crippen molar-refractivity contribution in [3.63, 3.8) is 0 Å². The molecule has 0 unspecified atom stereocenters. The van der Waals surface area contributed by atoms with Crippen molar-refractivity contribution in [3.8, 4) is 0 Å². The van der Waals surface area contributed by atoms with Crippen LogP contribution in [0.1, 0.15) is 0 Å². The van der Waals surface area contributed by atoms with E-state index in [4.69, 9.17) is 0 Å². The van der Waals surface area contributed by atoms with Crippen LogP contribution in [0.3, 0.4) is 0 Å². The van der Waals surface area contributed by atoms with Crippen LogP contribution in [-0.2, 0) is 0 Å². The van der Waals surface area contributed by atoms with E-state index in [9.17, 15) is 4.79 Å². The second-order valence-corrected chi connectivity index (χ2v) is 1.94. The molecule has 4 heteroatoms. The van der Waals surface area contributed by atoms with Crippen LogP contribution < -0.4 is 5.56 Å². The van der Waals surface area contributed by atoms with Gasteiger partial charge in [-0.2, -0.15) is 0 Å². The monoisotopic (exact) mass is 135 g/mol. The van der Waals surface area contributed by atoms with E-state index < -0.39 is 0 Å². The lowest BCUT2D eigenvalue weighted by molar-refractivity contribution is 0.763. The second kappa shape index (κ2) is 1.70. The molecule has 0 aliphatic carbocycles. The summed E-state index contributed by atoms with van der Waals surface area (Å²) in [6, 6.07) is 1.49. The molecular weight excluding hydrogens is 130 g/mol. The largest absolute Gasteiger partial charge is 0.271 e. The first-order chi connectivity index (χ1) is 4.88. The third-order valence-corrected chi connectivity index (χ3v) is 1.32. The maximum atomic E-state index is 10.9. The fourth-order valence-corrected chi connectivity index (χ4v) is 0.855. The van der Waals surface area contributed by atoms with Gasteiger partial charge in [-0.3, -0.25) is 4.79 Å². The molecule has 0 saturated carbocycles. The van der Waals surface area contributed by atoms with E-state index in [1.54, 1.807) is 29.4 Å². The molecule has 0 N–H and O–H groups in total. The number of nitrogens with zero attached hydrogens (tertiary/aromatic N) is 3. The summed E-state index contributed by atoms with van der Waals surface area (Å²) in [7, 11) is 0. The van der Waals surface area contributed by atoms with Crippen molar-refractivity contribution in [2.45, 2.75) is 0 Å². The van der Waals surface area contributed by atoms with Gasteiger partial charge >= 0.3 is 0 Å². The first kappa shape index (κ1) is 5.22. The van der Waals surface area contributed by atoms with Gasteiger partial charge in [0.1, 0.15) is 6.33 Å². The molecule has 0 atom stereocenters. The summed E-state index contributed by atoms with van der Waals surface area (Å²) in [5, 5.41) is 0. The zero-order valence-electron chi connectivity index (χ0n) is 5.14. The Bertz CT molecular complexity index is 400. The Labute approximate surface area is 56.3 Å². The number of rotatable bonds is 0. The van der Waals surface area contributed by atoms with Gasteiger partial charge in [0.2, 0.25) is 0 Å². The summed E-state index contributed by atoms with van der Waals surface area (Å²) in [6.07, 6.45) is 6.42. The fourth-order valence-electron chi connectivity index (χ4n) is 0.855. The summed E-state index contributed by atoms with van der Waals surface area (Å²) in [5.74, 6) is 0. The van der Waals surface area contributed by atoms with Gasteiger partial charge in [-0.15, -0.1) is 0 Å². The van der Waals surface area contributed by atoms with E-state index in [0.717, 1.165) is 0 Å². The summed E-state index contributed by atoms with van der Waals surface area (Å²) in [5.41, 5.74) is -0.0394. The standard InChI is InChI=1S/C6H5N3O/c10-6-1-3-8-5-7-2-4-9(6)8/h1-5H. The lowest BCUT2D eigenvalue weighted by Gasteiger charge is -1.90. The highest BCUT2D eigenvalue weighted by Crippen LogP contribution is 1.79. The van der Waals surface area contributed by atoms with Crippen molar-refractivity contribution in [1.82, 2.24) is 14.0 Å². The highest BCUT2D eigenvalue weighted by Gasteiger charge is 1.90. The van der Waals surface area contributed by atoms with Gasteiger partial charge in [0, 0.05) is 24.7 Å². The lowest BCUT2D eigenvalue weighted by atomic mass is 10.7. The minimum atomic E-state index is -0.0394. The van der Waals surface area contributed by atoms with E-state index in [1.807, 2.05) is 0 Å². The van der Waals surface area contributed by atoms with E-state index in [-0.39, 0.29) is 5.56 Å². The van der Waals surface area contributed by atoms with Crippen LogP contribution in [0, 0.1) is 0 Å². The smallest absolute Gasteiger partial charge is 0.267 e. The molecule has 10 heavy (non-hydrogen) atoms. The summed E-state index contributed by atoms with van der Waals surface area (Å²) >= 11 is 0. The van der Waals surface area contributed by atoms with Crippen LogP contribution in [0.2, 0.25) is 0 Å². The number of aromatic nitrogens is 3. The van der Waals surface area contributed by atoms with E-state index in [0.29, 0.717) is 0 Å². The molecular formula is C6H5N3O. The molecule has 0 amide bonds. The number of hydrogen-bond acceptors (Lipinski definition) is 2. The van der Waals surface area contributed by atoms with Gasteiger partial charge < -0.3 is 0 Å². The summed E-state index contributed by atoms with van der Waals surface area (Å²) in [4.78, 5) is 14.7. The predicted octanol–water partition coefficient (Wildman–Crippen LogP) is -0.206. The molecule has 2 heterocycles. The van der Waals surface area contributed by atoms with Crippen molar-refractivity contribution >= 4 is 0 Å². The molecule has 0 radical (unpaired) electrons. The molecule has 0 saturated heterocycles. The maximum absolute atomic E-state index is 10.9. The average Bonchev–Trinajstić information content (AvgIpc) is 2.34. The van der Waals surface area contributed by atoms with Crippen LogP contribution in [0.5, 0.6) is 0 Å². The number of hydrogen-bond donors (Lipinski definition) is 0. The molecule has 0 aliphatic rings. The van der Waals surface area contributed by atoms with Crippen LogP contribution >= 0.6 is 0 Å². The van der Waals surface area contributed by atoms with Crippen LogP contribution in [0.4, 0.5) is 0 Å². The molecule has 50 valence electrons. The molecule has 0 aliphatic heterocycles. The predicted molar refractivity (Wildman–Crippen MR) is 34.9 cm³/mol. The Balaban J connectivity index is 3.07. The van der Waals surface area contributed by atoms with Crippen LogP contribution in [0.25, 0.3) is 0 Å². The highest BCUT2D eigenvalue weighted by molar-refractivity contribution is 4.87. The molecule has 2 aromatic rings. The first-order valence-corrected chi connectivity index (χ1v) is 2.87. The molecule has 0 bridgehead atoms. The Morgan fingerprint density at radius 2 is 2.30 bits per heavy atom. The van der Waals surface area contributed by atoms with Crippen LogP contribution in [0.15, 0.2) is 35.8 Å². The lowest BCUT2D eigenvalue weighted by Crippen LogP contribution is -2.09. The summed E-state index contributed by atoms with van der Waals surface area (Å²) in [6.45, 7) is 0. The Morgan fingerprint density at radius 3 is 3.10 bits per heavy atom. The molecule has 0 spiro atoms. The van der Waals surface area contributed by atoms with Crippen molar-refractivity contribution in [3.05, 3.63) is 41.3 Å². The van der Waals surface area contributed by atoms with Crippen molar-refractivity contribution in [2.75, 3.05) is 0 Å². The quantitative estimate of drug-likeness (QED) is 0.501. The van der Waals surface area contributed by atoms with E-state index in [2.05, 4.69) is 4.98 Å². The Kier molecular flexibility index (Phi) is 0.887. The second-order valence-electron chi connectivity index (χ2n) is 1.94. The van der Waals surface area contributed by atoms with Crippen molar-refractivity contribution < 1.29 is 0 Å². The number of fused-ring (bicyclic) bond motifs is 1. The van der Waals surface area contributed by atoms with Crippen molar-refractivity contribution in [2.24, 2.45) is 0 Å². The van der Waals surface area contributed by atoms with Gasteiger partial charge in [0.25, 0.3) is 5.56 Å². The molecule has 2 rings (SSSR count). The van der Waals surface area contributed by atoms with E-state index >= 15 is 0 Å². The van der Waals surface area contributed by atoms with Gasteiger partial charge in [-0.25, -0.2) is 14.0 Å². The fraction of sp³-hybridized carbons (Fsp3) is 0. The van der Waals surface area contributed by atoms with Gasteiger partial charge in [0.15, 0.2) is 0 Å². The maximum Gasteiger partial charge on any atom is 0.271 e. The van der Waals surface area contributed by atoms with Gasteiger partial charge in [-0.05, 0) is 0 Å². The molecule has 4 nitrogen and oxygen atoms in total. The van der Waals surface area contributed by atoms with Gasteiger partial charge in [0.05, 0.1) is 0 Å². The third kappa shape index (κ3) is 0.556. The molecule has 0 aromatic carbocycles. The SMILES string of the molecule is O=c1ccn2cnccn12. The zero-order valence-corrected chi connectivity index (χ0v) is 5.14. The Morgan fingerprint density at radius 1 is 1.40 bits per heavy atom. The van der Waals surface area contributed by atoms with Crippen molar-refractivity contribution in [1.29, 1.82) is 0 Å². The zero-order chi connectivity index (χ0) is 6.97. The first-order valence-electron chi connectivity index (χ1n) is 2.87. The molecule has 2 aromatic heterocycles. The summed E-state index contributed by atoms with van der Waals surface area (Å²) < 4.78 is 3.08. The molecule has 0 fully saturated rings. The topological polar surface area (TPSA) is 38.8 Å². The minimum Gasteiger partial charge on any atom is -0.267 e. The normalized spacial score (nSPS) is 10.4. The average molecular weight is 135 g/mol. The highest BCUT2D eigenvalue weighted by atomic mass is 16.1. The van der Waals surface area contributed by atoms with Crippen LogP contribution in [-0.4, -0.2) is 14.0 Å². The van der Waals surface area contributed by atoms with Gasteiger partial charge in [-0.1, -0.05) is 0 Å². The minimum absolute atomic E-state index is 0.0394. The third-order valence-electron chi connectivity index (χ3n) is 1.32. The van der Waals surface area contributed by atoms with E-state index in [1.165, 1.54) is 10.6 Å². The Hall–Kier alpha value is -1.58.